The Morgan fingerprint density at radius 3 is 2.68 bits per heavy atom. The Labute approximate surface area is 128 Å². The third kappa shape index (κ3) is 2.26. The molecule has 1 saturated heterocycles. The van der Waals surface area contributed by atoms with Gasteiger partial charge in [-0.3, -0.25) is 9.36 Å². The Bertz CT molecular complexity index is 821. The van der Waals surface area contributed by atoms with Crippen LogP contribution in [-0.4, -0.2) is 10.5 Å². The van der Waals surface area contributed by atoms with E-state index in [1.54, 1.807) is 0 Å². The van der Waals surface area contributed by atoms with Crippen molar-refractivity contribution in [1.29, 1.82) is 0 Å². The van der Waals surface area contributed by atoms with Gasteiger partial charge >= 0.3 is 5.76 Å². The molecule has 1 aromatic heterocycles. The fourth-order valence-electron chi connectivity index (χ4n) is 2.95. The molecule has 22 heavy (non-hydrogen) atoms. The van der Waals surface area contributed by atoms with Gasteiger partial charge in [-0.15, -0.1) is 0 Å². The maximum Gasteiger partial charge on any atom is 0.420 e. The number of para-hydroxylation sites is 1. The predicted molar refractivity (Wildman–Crippen MR) is 84.7 cm³/mol. The Balaban J connectivity index is 2.20. The van der Waals surface area contributed by atoms with Crippen LogP contribution >= 0.6 is 0 Å². The lowest BCUT2D eigenvalue weighted by Gasteiger charge is -2.24. The second-order valence-electron chi connectivity index (χ2n) is 6.79. The molecule has 2 aromatic rings. The van der Waals surface area contributed by atoms with Gasteiger partial charge in [0, 0.05) is 11.3 Å². The van der Waals surface area contributed by atoms with Crippen LogP contribution in [0.3, 0.4) is 0 Å². The monoisotopic (exact) mass is 300 g/mol. The summed E-state index contributed by atoms with van der Waals surface area (Å²) in [5.41, 5.74) is 2.74. The molecule has 0 bridgehead atoms. The van der Waals surface area contributed by atoms with Crippen LogP contribution in [0.25, 0.3) is 11.1 Å². The zero-order valence-corrected chi connectivity index (χ0v) is 13.1. The highest BCUT2D eigenvalue weighted by Gasteiger charge is 2.30. The Morgan fingerprint density at radius 1 is 1.32 bits per heavy atom. The summed E-state index contributed by atoms with van der Waals surface area (Å²) in [5, 5.41) is 2.72. The van der Waals surface area contributed by atoms with Crippen molar-refractivity contribution in [2.45, 2.75) is 45.1 Å². The summed E-state index contributed by atoms with van der Waals surface area (Å²) in [7, 11) is 0. The van der Waals surface area contributed by atoms with Crippen molar-refractivity contribution in [3.63, 3.8) is 0 Å². The predicted octanol–water partition coefficient (Wildman–Crippen LogP) is 2.86. The van der Waals surface area contributed by atoms with E-state index in [1.165, 1.54) is 4.57 Å². The van der Waals surface area contributed by atoms with Crippen molar-refractivity contribution in [3.05, 3.63) is 46.6 Å². The fourth-order valence-corrected chi connectivity index (χ4v) is 2.95. The number of carbonyl (C=O) groups is 1. The number of aromatic nitrogens is 1. The normalized spacial score (nSPS) is 19.5. The van der Waals surface area contributed by atoms with Gasteiger partial charge in [0.05, 0.1) is 5.52 Å². The molecular weight excluding hydrogens is 280 g/mol. The lowest BCUT2D eigenvalue weighted by molar-refractivity contribution is -0.124. The van der Waals surface area contributed by atoms with Crippen molar-refractivity contribution < 1.29 is 9.21 Å². The average Bonchev–Trinajstić information content (AvgIpc) is 2.74. The third-order valence-corrected chi connectivity index (χ3v) is 4.08. The maximum atomic E-state index is 12.3. The van der Waals surface area contributed by atoms with Gasteiger partial charge in [0.15, 0.2) is 5.58 Å². The number of amides is 1. The van der Waals surface area contributed by atoms with Crippen LogP contribution in [0.4, 0.5) is 0 Å². The average molecular weight is 300 g/mol. The van der Waals surface area contributed by atoms with Crippen LogP contribution < -0.4 is 11.1 Å². The summed E-state index contributed by atoms with van der Waals surface area (Å²) in [4.78, 5) is 24.5. The van der Waals surface area contributed by atoms with Crippen LogP contribution in [0, 0.1) is 0 Å². The number of carbonyl (C=O) groups excluding carboxylic acids is 1. The van der Waals surface area contributed by atoms with E-state index in [4.69, 9.17) is 4.42 Å². The first-order chi connectivity index (χ1) is 10.3. The molecule has 1 unspecified atom stereocenters. The topological polar surface area (TPSA) is 64.2 Å². The molecule has 0 spiro atoms. The standard InChI is InChI=1S/C17H20N2O3/c1-10-8-9-13(15(20)18-10)19-12-7-5-6-11(17(2,3)4)14(12)22-16(19)21/h5-7,13H,1,8-9H2,2-4H3,(H,18,20). The van der Waals surface area contributed by atoms with Gasteiger partial charge in [-0.25, -0.2) is 4.79 Å². The first-order valence-corrected chi connectivity index (χ1v) is 7.42. The van der Waals surface area contributed by atoms with Crippen LogP contribution in [0.1, 0.15) is 45.2 Å². The number of hydrogen-bond donors (Lipinski definition) is 1. The molecule has 1 amide bonds. The van der Waals surface area contributed by atoms with Crippen LogP contribution in [0.2, 0.25) is 0 Å². The summed E-state index contributed by atoms with van der Waals surface area (Å²) >= 11 is 0. The van der Waals surface area contributed by atoms with E-state index >= 15 is 0 Å². The second kappa shape index (κ2) is 4.87. The van der Waals surface area contributed by atoms with E-state index in [2.05, 4.69) is 32.7 Å². The van der Waals surface area contributed by atoms with E-state index in [-0.39, 0.29) is 11.3 Å². The lowest BCUT2D eigenvalue weighted by Crippen LogP contribution is -2.39. The zero-order chi connectivity index (χ0) is 16.1. The van der Waals surface area contributed by atoms with E-state index < -0.39 is 11.8 Å². The molecule has 5 heteroatoms. The number of rotatable bonds is 1. The number of allylic oxidation sites excluding steroid dienone is 1. The third-order valence-electron chi connectivity index (χ3n) is 4.08. The van der Waals surface area contributed by atoms with Gasteiger partial charge in [0.1, 0.15) is 6.04 Å². The van der Waals surface area contributed by atoms with Crippen molar-refractivity contribution in [3.8, 4) is 0 Å². The van der Waals surface area contributed by atoms with Crippen LogP contribution in [0.5, 0.6) is 0 Å². The number of piperidine rings is 1. The number of nitrogens with zero attached hydrogens (tertiary/aromatic N) is 1. The summed E-state index contributed by atoms with van der Waals surface area (Å²) in [6, 6.07) is 5.13. The van der Waals surface area contributed by atoms with Crippen molar-refractivity contribution in [2.75, 3.05) is 0 Å². The summed E-state index contributed by atoms with van der Waals surface area (Å²) < 4.78 is 6.95. The molecule has 0 radical (unpaired) electrons. The molecule has 1 aromatic carbocycles. The number of fused-ring (bicyclic) bond motifs is 1. The highest BCUT2D eigenvalue weighted by molar-refractivity contribution is 5.86. The van der Waals surface area contributed by atoms with Crippen molar-refractivity contribution in [1.82, 2.24) is 9.88 Å². The number of oxazole rings is 1. The molecule has 1 aliphatic rings. The minimum atomic E-state index is -0.547. The highest BCUT2D eigenvalue weighted by atomic mass is 16.4. The molecule has 1 aliphatic heterocycles. The smallest absolute Gasteiger partial charge is 0.407 e. The van der Waals surface area contributed by atoms with Gasteiger partial charge in [-0.1, -0.05) is 39.5 Å². The van der Waals surface area contributed by atoms with Gasteiger partial charge in [-0.05, 0) is 24.3 Å². The molecule has 0 saturated carbocycles. The van der Waals surface area contributed by atoms with Crippen molar-refractivity contribution in [2.24, 2.45) is 0 Å². The summed E-state index contributed by atoms with van der Waals surface area (Å²) in [6.45, 7) is 9.97. The molecule has 5 nitrogen and oxygen atoms in total. The highest BCUT2D eigenvalue weighted by Crippen LogP contribution is 2.32. The van der Waals surface area contributed by atoms with E-state index in [0.29, 0.717) is 29.6 Å². The molecule has 116 valence electrons. The van der Waals surface area contributed by atoms with Gasteiger partial charge < -0.3 is 9.73 Å². The number of benzene rings is 1. The quantitative estimate of drug-likeness (QED) is 0.880. The molecule has 2 heterocycles. The van der Waals surface area contributed by atoms with Crippen LogP contribution in [0.15, 0.2) is 39.7 Å². The minimum absolute atomic E-state index is 0.148. The van der Waals surface area contributed by atoms with E-state index in [0.717, 1.165) is 5.56 Å². The van der Waals surface area contributed by atoms with Gasteiger partial charge in [0.25, 0.3) is 0 Å². The SMILES string of the molecule is C=C1CCC(n2c(=O)oc3c(C(C)(C)C)cccc32)C(=O)N1. The first-order valence-electron chi connectivity index (χ1n) is 7.42. The van der Waals surface area contributed by atoms with E-state index in [1.807, 2.05) is 18.2 Å². The second-order valence-corrected chi connectivity index (χ2v) is 6.79. The van der Waals surface area contributed by atoms with Gasteiger partial charge in [0.2, 0.25) is 5.91 Å². The molecule has 1 atom stereocenters. The van der Waals surface area contributed by atoms with Crippen LogP contribution in [-0.2, 0) is 10.2 Å². The Morgan fingerprint density at radius 2 is 2.05 bits per heavy atom. The maximum absolute atomic E-state index is 12.3. The summed E-state index contributed by atoms with van der Waals surface area (Å²) in [5.74, 6) is -0.693. The molecule has 3 rings (SSSR count). The Hall–Kier alpha value is -2.30. The summed E-state index contributed by atoms with van der Waals surface area (Å²) in [6.07, 6.45) is 1.22. The molecule has 1 N–H and O–H groups in total. The molecule has 0 aliphatic carbocycles. The Kier molecular flexibility index (Phi) is 3.24. The van der Waals surface area contributed by atoms with Crippen molar-refractivity contribution >= 4 is 17.0 Å². The lowest BCUT2D eigenvalue weighted by atomic mass is 9.86. The number of hydrogen-bond acceptors (Lipinski definition) is 3. The zero-order valence-electron chi connectivity index (χ0n) is 13.1. The first kappa shape index (κ1) is 14.6. The molecule has 1 fully saturated rings. The minimum Gasteiger partial charge on any atom is -0.407 e. The fraction of sp³-hybridized carbons (Fsp3) is 0.412. The van der Waals surface area contributed by atoms with Gasteiger partial charge in [-0.2, -0.15) is 0 Å². The largest absolute Gasteiger partial charge is 0.420 e. The number of nitrogens with one attached hydrogen (secondary N) is 1. The molecular formula is C17H20N2O3. The van der Waals surface area contributed by atoms with E-state index in [9.17, 15) is 9.59 Å².